The van der Waals surface area contributed by atoms with Crippen LogP contribution in [0.15, 0.2) is 24.3 Å². The van der Waals surface area contributed by atoms with Crippen molar-refractivity contribution in [2.45, 2.75) is 12.6 Å². The van der Waals surface area contributed by atoms with Crippen LogP contribution < -0.4 is 5.32 Å². The van der Waals surface area contributed by atoms with E-state index in [0.29, 0.717) is 12.3 Å². The number of hydrogen-bond donors (Lipinski definition) is 2. The summed E-state index contributed by atoms with van der Waals surface area (Å²) in [5, 5.41) is 12.9. The van der Waals surface area contributed by atoms with E-state index in [2.05, 4.69) is 17.3 Å². The summed E-state index contributed by atoms with van der Waals surface area (Å²) in [6.45, 7) is 4.28. The van der Waals surface area contributed by atoms with Gasteiger partial charge in [-0.2, -0.15) is 0 Å². The van der Waals surface area contributed by atoms with Gasteiger partial charge in [0.15, 0.2) is 0 Å². The molecule has 1 aromatic carbocycles. The van der Waals surface area contributed by atoms with Crippen LogP contribution in [0.2, 0.25) is 0 Å². The van der Waals surface area contributed by atoms with Gasteiger partial charge in [-0.05, 0) is 13.1 Å². The van der Waals surface area contributed by atoms with Gasteiger partial charge in [0.2, 0.25) is 0 Å². The van der Waals surface area contributed by atoms with Crippen molar-refractivity contribution in [2.75, 3.05) is 33.3 Å². The summed E-state index contributed by atoms with van der Waals surface area (Å²) in [7, 11) is 2.11. The van der Waals surface area contributed by atoms with Crippen molar-refractivity contribution in [1.29, 1.82) is 0 Å². The predicted molar refractivity (Wildman–Crippen MR) is 67.1 cm³/mol. The third-order valence-corrected chi connectivity index (χ3v) is 3.02. The lowest BCUT2D eigenvalue weighted by atomic mass is 10.2. The molecule has 0 amide bonds. The first-order valence-electron chi connectivity index (χ1n) is 6.03. The molecule has 0 spiro atoms. The molecule has 0 aromatic heterocycles. The van der Waals surface area contributed by atoms with E-state index in [1.54, 1.807) is 6.07 Å². The van der Waals surface area contributed by atoms with Crippen LogP contribution in [0.1, 0.15) is 5.56 Å². The topological polar surface area (TPSA) is 44.7 Å². The maximum absolute atomic E-state index is 9.61. The van der Waals surface area contributed by atoms with Crippen molar-refractivity contribution in [2.24, 2.45) is 0 Å². The molecule has 4 heteroatoms. The maximum Gasteiger partial charge on any atom is 0.120 e. The van der Waals surface area contributed by atoms with Crippen molar-refractivity contribution in [3.8, 4) is 5.75 Å². The second kappa shape index (κ2) is 6.00. The standard InChI is InChI=1S/C13H20N2O2/c1-15-6-7-17-12(10-15)9-14-8-11-4-2-3-5-13(11)16/h2-5,12,14,16H,6-10H2,1H3. The number of rotatable bonds is 4. The predicted octanol–water partition coefficient (Wildman–Crippen LogP) is 0.812. The fourth-order valence-corrected chi connectivity index (χ4v) is 2.02. The molecule has 0 bridgehead atoms. The SMILES string of the molecule is CN1CCOC(CNCc2ccccc2O)C1. The highest BCUT2D eigenvalue weighted by molar-refractivity contribution is 5.31. The number of benzene rings is 1. The van der Waals surface area contributed by atoms with Gasteiger partial charge in [-0.15, -0.1) is 0 Å². The van der Waals surface area contributed by atoms with Gasteiger partial charge in [-0.3, -0.25) is 0 Å². The highest BCUT2D eigenvalue weighted by atomic mass is 16.5. The summed E-state index contributed by atoms with van der Waals surface area (Å²) in [4.78, 5) is 2.27. The Morgan fingerprint density at radius 3 is 3.06 bits per heavy atom. The Bertz CT molecular complexity index is 357. The minimum absolute atomic E-state index is 0.250. The molecule has 1 atom stereocenters. The second-order valence-electron chi connectivity index (χ2n) is 4.51. The van der Waals surface area contributed by atoms with E-state index in [-0.39, 0.29) is 6.10 Å². The summed E-state index contributed by atoms with van der Waals surface area (Å²) in [6, 6.07) is 7.40. The molecule has 17 heavy (non-hydrogen) atoms. The van der Waals surface area contributed by atoms with Crippen LogP contribution in [0, 0.1) is 0 Å². The molecule has 0 radical (unpaired) electrons. The average Bonchev–Trinajstić information content (AvgIpc) is 2.32. The zero-order valence-corrected chi connectivity index (χ0v) is 10.2. The molecule has 2 rings (SSSR count). The Morgan fingerprint density at radius 2 is 2.29 bits per heavy atom. The van der Waals surface area contributed by atoms with Crippen LogP contribution in [0.5, 0.6) is 5.75 Å². The number of nitrogens with one attached hydrogen (secondary N) is 1. The van der Waals surface area contributed by atoms with Crippen molar-refractivity contribution in [3.63, 3.8) is 0 Å². The molecule has 1 fully saturated rings. The van der Waals surface area contributed by atoms with Gasteiger partial charge in [0.05, 0.1) is 12.7 Å². The summed E-state index contributed by atoms with van der Waals surface area (Å²) in [5.41, 5.74) is 0.927. The third-order valence-electron chi connectivity index (χ3n) is 3.02. The summed E-state index contributed by atoms with van der Waals surface area (Å²) < 4.78 is 5.65. The van der Waals surface area contributed by atoms with Gasteiger partial charge in [-0.25, -0.2) is 0 Å². The Hall–Kier alpha value is -1.10. The third kappa shape index (κ3) is 3.70. The molecule has 1 saturated heterocycles. The molecule has 1 aliphatic rings. The Morgan fingerprint density at radius 1 is 1.47 bits per heavy atom. The van der Waals surface area contributed by atoms with Crippen LogP contribution in [0.25, 0.3) is 0 Å². The number of phenols is 1. The normalized spacial score (nSPS) is 21.6. The number of nitrogens with zero attached hydrogens (tertiary/aromatic N) is 1. The van der Waals surface area contributed by atoms with Gasteiger partial charge in [0.25, 0.3) is 0 Å². The van der Waals surface area contributed by atoms with E-state index in [0.717, 1.165) is 31.8 Å². The van der Waals surface area contributed by atoms with E-state index in [1.807, 2.05) is 18.2 Å². The number of morpholine rings is 1. The summed E-state index contributed by atoms with van der Waals surface area (Å²) in [5.74, 6) is 0.349. The average molecular weight is 236 g/mol. The van der Waals surface area contributed by atoms with Crippen molar-refractivity contribution < 1.29 is 9.84 Å². The largest absolute Gasteiger partial charge is 0.508 e. The summed E-state index contributed by atoms with van der Waals surface area (Å²) >= 11 is 0. The van der Waals surface area contributed by atoms with Gasteiger partial charge >= 0.3 is 0 Å². The first kappa shape index (κ1) is 12.4. The molecule has 0 aliphatic carbocycles. The molecule has 1 aromatic rings. The maximum atomic E-state index is 9.61. The smallest absolute Gasteiger partial charge is 0.120 e. The zero-order chi connectivity index (χ0) is 12.1. The van der Waals surface area contributed by atoms with Crippen molar-refractivity contribution >= 4 is 0 Å². The van der Waals surface area contributed by atoms with Crippen molar-refractivity contribution in [3.05, 3.63) is 29.8 Å². The van der Waals surface area contributed by atoms with E-state index in [4.69, 9.17) is 4.74 Å². The molecule has 1 aliphatic heterocycles. The van der Waals surface area contributed by atoms with Gasteiger partial charge in [-0.1, -0.05) is 18.2 Å². The van der Waals surface area contributed by atoms with E-state index in [1.165, 1.54) is 0 Å². The lowest BCUT2D eigenvalue weighted by Crippen LogP contribution is -2.44. The highest BCUT2D eigenvalue weighted by Gasteiger charge is 2.16. The number of ether oxygens (including phenoxy) is 1. The molecule has 0 saturated carbocycles. The lowest BCUT2D eigenvalue weighted by Gasteiger charge is -2.30. The van der Waals surface area contributed by atoms with Crippen LogP contribution in [-0.2, 0) is 11.3 Å². The second-order valence-corrected chi connectivity index (χ2v) is 4.51. The Kier molecular flexibility index (Phi) is 4.36. The van der Waals surface area contributed by atoms with E-state index in [9.17, 15) is 5.11 Å². The van der Waals surface area contributed by atoms with Gasteiger partial charge in [0, 0.05) is 31.7 Å². The van der Waals surface area contributed by atoms with Gasteiger partial charge < -0.3 is 20.1 Å². The number of para-hydroxylation sites is 1. The first-order chi connectivity index (χ1) is 8.25. The van der Waals surface area contributed by atoms with Crippen LogP contribution >= 0.6 is 0 Å². The Balaban J connectivity index is 1.74. The van der Waals surface area contributed by atoms with Crippen molar-refractivity contribution in [1.82, 2.24) is 10.2 Å². The molecule has 94 valence electrons. The molecule has 1 unspecified atom stereocenters. The molecule has 1 heterocycles. The lowest BCUT2D eigenvalue weighted by molar-refractivity contribution is -0.0182. The molecular weight excluding hydrogens is 216 g/mol. The van der Waals surface area contributed by atoms with Crippen LogP contribution in [-0.4, -0.2) is 49.4 Å². The van der Waals surface area contributed by atoms with Crippen LogP contribution in [0.3, 0.4) is 0 Å². The highest BCUT2D eigenvalue weighted by Crippen LogP contribution is 2.14. The fraction of sp³-hybridized carbons (Fsp3) is 0.538. The Labute approximate surface area is 102 Å². The first-order valence-corrected chi connectivity index (χ1v) is 6.03. The summed E-state index contributed by atoms with van der Waals surface area (Å²) in [6.07, 6.45) is 0.250. The number of likely N-dealkylation sites (N-methyl/N-ethyl adjacent to an activating group) is 1. The van der Waals surface area contributed by atoms with E-state index < -0.39 is 0 Å². The minimum Gasteiger partial charge on any atom is -0.508 e. The quantitative estimate of drug-likeness (QED) is 0.812. The number of phenolic OH excluding ortho intramolecular Hbond substituents is 1. The minimum atomic E-state index is 0.250. The number of aromatic hydroxyl groups is 1. The number of hydrogen-bond acceptors (Lipinski definition) is 4. The zero-order valence-electron chi connectivity index (χ0n) is 10.2. The van der Waals surface area contributed by atoms with Gasteiger partial charge in [0.1, 0.15) is 5.75 Å². The molecular formula is C13H20N2O2. The molecule has 2 N–H and O–H groups in total. The monoisotopic (exact) mass is 236 g/mol. The molecule has 4 nitrogen and oxygen atoms in total. The fourth-order valence-electron chi connectivity index (χ4n) is 2.02. The van der Waals surface area contributed by atoms with E-state index >= 15 is 0 Å². The van der Waals surface area contributed by atoms with Crippen LogP contribution in [0.4, 0.5) is 0 Å².